The molecule has 0 aliphatic heterocycles. The fourth-order valence-corrected chi connectivity index (χ4v) is 3.50. The van der Waals surface area contributed by atoms with Crippen LogP contribution in [0, 0.1) is 5.82 Å². The van der Waals surface area contributed by atoms with E-state index in [2.05, 4.69) is 5.32 Å². The maximum Gasteiger partial charge on any atom is 0.241 e. The molecule has 27 heavy (non-hydrogen) atoms. The molecule has 0 aromatic heterocycles. The van der Waals surface area contributed by atoms with Crippen LogP contribution in [-0.4, -0.2) is 11.9 Å². The third-order valence-electron chi connectivity index (χ3n) is 4.07. The number of halogens is 1. The average molecular weight is 380 g/mol. The molecule has 3 aromatic carbocycles. The van der Waals surface area contributed by atoms with Gasteiger partial charge in [-0.25, -0.2) is 4.39 Å². The van der Waals surface area contributed by atoms with Crippen LogP contribution in [0.25, 0.3) is 0 Å². The zero-order valence-corrected chi connectivity index (χ0v) is 15.6. The summed E-state index contributed by atoms with van der Waals surface area (Å²) in [5.74, 6) is -0.000828. The van der Waals surface area contributed by atoms with Crippen molar-refractivity contribution in [1.82, 2.24) is 0 Å². The molecule has 3 nitrogen and oxygen atoms in total. The Labute approximate surface area is 162 Å². The number of nitrogens with one attached hydrogen (secondary N) is 1. The minimum absolute atomic E-state index is 0.331. The van der Waals surface area contributed by atoms with Crippen molar-refractivity contribution in [2.75, 3.05) is 5.32 Å². The first kappa shape index (κ1) is 19.1. The van der Waals surface area contributed by atoms with E-state index in [1.54, 1.807) is 12.1 Å². The van der Waals surface area contributed by atoms with Crippen LogP contribution >= 0.6 is 11.8 Å². The smallest absolute Gasteiger partial charge is 0.241 e. The summed E-state index contributed by atoms with van der Waals surface area (Å²) in [4.78, 5) is 12.8. The molecule has 1 atom stereocenters. The molecular weight excluding hydrogens is 359 g/mol. The van der Waals surface area contributed by atoms with Crippen molar-refractivity contribution < 1.29 is 9.18 Å². The molecule has 0 radical (unpaired) electrons. The molecule has 3 N–H and O–H groups in total. The quantitative estimate of drug-likeness (QED) is 0.588. The van der Waals surface area contributed by atoms with E-state index in [1.165, 1.54) is 17.8 Å². The molecule has 0 fully saturated rings. The number of benzene rings is 3. The van der Waals surface area contributed by atoms with Crippen molar-refractivity contribution >= 4 is 23.4 Å². The molecule has 3 aromatic rings. The third kappa shape index (κ3) is 5.67. The maximum atomic E-state index is 14.3. The number of hydrogen-bond acceptors (Lipinski definition) is 3. The fraction of sp³-hybridized carbons (Fsp3) is 0.136. The van der Waals surface area contributed by atoms with Gasteiger partial charge in [-0.2, -0.15) is 0 Å². The number of amides is 1. The highest BCUT2D eigenvalue weighted by Crippen LogP contribution is 2.27. The lowest BCUT2D eigenvalue weighted by atomic mass is 10.1. The van der Waals surface area contributed by atoms with Gasteiger partial charge in [0, 0.05) is 16.3 Å². The highest BCUT2D eigenvalue weighted by Gasteiger charge is 2.15. The lowest BCUT2D eigenvalue weighted by Crippen LogP contribution is -2.37. The van der Waals surface area contributed by atoms with Crippen LogP contribution in [0.2, 0.25) is 0 Å². The molecule has 0 heterocycles. The number of carbonyl (C=O) groups excluding carboxylic acids is 1. The second-order valence-corrected chi connectivity index (χ2v) is 7.22. The number of carbonyl (C=O) groups is 1. The average Bonchev–Trinajstić information content (AvgIpc) is 2.69. The summed E-state index contributed by atoms with van der Waals surface area (Å²) in [5, 5.41) is 2.69. The van der Waals surface area contributed by atoms with Crippen molar-refractivity contribution in [3.05, 3.63) is 95.8 Å². The monoisotopic (exact) mass is 380 g/mol. The summed E-state index contributed by atoms with van der Waals surface area (Å²) < 4.78 is 14.3. The predicted octanol–water partition coefficient (Wildman–Crippen LogP) is 4.63. The van der Waals surface area contributed by atoms with Crippen LogP contribution in [0.4, 0.5) is 10.1 Å². The van der Waals surface area contributed by atoms with Gasteiger partial charge in [0.15, 0.2) is 0 Å². The molecule has 0 saturated heterocycles. The summed E-state index contributed by atoms with van der Waals surface area (Å²) in [7, 11) is 0. The van der Waals surface area contributed by atoms with Gasteiger partial charge in [0.25, 0.3) is 0 Å². The molecule has 0 bridgehead atoms. The Morgan fingerprint density at radius 3 is 2.22 bits per heavy atom. The Kier molecular flexibility index (Phi) is 6.63. The molecule has 0 aliphatic carbocycles. The molecule has 0 unspecified atom stereocenters. The van der Waals surface area contributed by atoms with Crippen molar-refractivity contribution in [3.63, 3.8) is 0 Å². The number of rotatable bonds is 7. The molecular formula is C22H21FN2OS. The first-order valence-electron chi connectivity index (χ1n) is 8.68. The molecule has 0 aliphatic rings. The van der Waals surface area contributed by atoms with Crippen LogP contribution < -0.4 is 11.1 Å². The Hall–Kier alpha value is -2.63. The first-order valence-corrected chi connectivity index (χ1v) is 9.67. The van der Waals surface area contributed by atoms with Crippen LogP contribution in [0.3, 0.4) is 0 Å². The van der Waals surface area contributed by atoms with Gasteiger partial charge in [-0.15, -0.1) is 11.8 Å². The minimum Gasteiger partial charge on any atom is -0.325 e. The van der Waals surface area contributed by atoms with Crippen molar-refractivity contribution in [2.45, 2.75) is 23.1 Å². The van der Waals surface area contributed by atoms with E-state index in [9.17, 15) is 9.18 Å². The Balaban J connectivity index is 1.57. The van der Waals surface area contributed by atoms with Gasteiger partial charge in [-0.3, -0.25) is 4.79 Å². The highest BCUT2D eigenvalue weighted by molar-refractivity contribution is 7.98. The molecule has 138 valence electrons. The normalized spacial score (nSPS) is 11.8. The van der Waals surface area contributed by atoms with Crippen LogP contribution in [-0.2, 0) is 17.0 Å². The largest absolute Gasteiger partial charge is 0.325 e. The standard InChI is InChI=1S/C22H21FN2OS/c23-19-14-18(11-12-21(19)27-15-17-9-5-2-6-10-17)25-22(26)20(24)13-16-7-3-1-4-8-16/h1-12,14,20H,13,15,24H2,(H,25,26)/t20-/m0/s1. The first-order chi connectivity index (χ1) is 13.1. The van der Waals surface area contributed by atoms with E-state index >= 15 is 0 Å². The number of hydrogen-bond donors (Lipinski definition) is 2. The van der Waals surface area contributed by atoms with E-state index < -0.39 is 6.04 Å². The van der Waals surface area contributed by atoms with E-state index in [0.717, 1.165) is 11.1 Å². The van der Waals surface area contributed by atoms with Gasteiger partial charge >= 0.3 is 0 Å². The van der Waals surface area contributed by atoms with Gasteiger partial charge in [-0.1, -0.05) is 60.7 Å². The van der Waals surface area contributed by atoms with E-state index in [1.807, 2.05) is 60.7 Å². The summed E-state index contributed by atoms with van der Waals surface area (Å²) in [6.07, 6.45) is 0.431. The zero-order valence-electron chi connectivity index (χ0n) is 14.8. The number of anilines is 1. The van der Waals surface area contributed by atoms with Crippen LogP contribution in [0.1, 0.15) is 11.1 Å². The number of thioether (sulfide) groups is 1. The second kappa shape index (κ2) is 9.35. The lowest BCUT2D eigenvalue weighted by molar-refractivity contribution is -0.117. The zero-order chi connectivity index (χ0) is 19.1. The third-order valence-corrected chi connectivity index (χ3v) is 5.19. The SMILES string of the molecule is N[C@@H](Cc1ccccc1)C(=O)Nc1ccc(SCc2ccccc2)c(F)c1. The molecule has 5 heteroatoms. The van der Waals surface area contributed by atoms with Crippen LogP contribution in [0.5, 0.6) is 0 Å². The number of nitrogens with two attached hydrogens (primary N) is 1. The summed E-state index contributed by atoms with van der Waals surface area (Å²) in [6, 6.07) is 23.5. The van der Waals surface area contributed by atoms with Gasteiger partial charge in [0.2, 0.25) is 5.91 Å². The van der Waals surface area contributed by atoms with Gasteiger partial charge in [0.1, 0.15) is 5.82 Å². The van der Waals surface area contributed by atoms with Crippen molar-refractivity contribution in [1.29, 1.82) is 0 Å². The lowest BCUT2D eigenvalue weighted by Gasteiger charge is -2.13. The Bertz CT molecular complexity index is 887. The summed E-state index contributed by atoms with van der Waals surface area (Å²) in [6.45, 7) is 0. The Morgan fingerprint density at radius 2 is 1.59 bits per heavy atom. The van der Waals surface area contributed by atoms with Gasteiger partial charge in [0.05, 0.1) is 6.04 Å². The predicted molar refractivity (Wildman–Crippen MR) is 109 cm³/mol. The van der Waals surface area contributed by atoms with Gasteiger partial charge < -0.3 is 11.1 Å². The van der Waals surface area contributed by atoms with E-state index in [-0.39, 0.29) is 11.7 Å². The molecule has 0 saturated carbocycles. The summed E-state index contributed by atoms with van der Waals surface area (Å²) in [5.41, 5.74) is 8.49. The second-order valence-electron chi connectivity index (χ2n) is 6.20. The molecule has 0 spiro atoms. The topological polar surface area (TPSA) is 55.1 Å². The van der Waals surface area contributed by atoms with Crippen molar-refractivity contribution in [3.8, 4) is 0 Å². The Morgan fingerprint density at radius 1 is 0.963 bits per heavy atom. The molecule has 3 rings (SSSR count). The fourth-order valence-electron chi connectivity index (χ4n) is 2.63. The molecule has 1 amide bonds. The maximum absolute atomic E-state index is 14.3. The van der Waals surface area contributed by atoms with E-state index in [0.29, 0.717) is 22.8 Å². The van der Waals surface area contributed by atoms with Gasteiger partial charge in [-0.05, 0) is 35.7 Å². The van der Waals surface area contributed by atoms with E-state index in [4.69, 9.17) is 5.73 Å². The minimum atomic E-state index is -0.692. The van der Waals surface area contributed by atoms with Crippen LogP contribution in [0.15, 0.2) is 83.8 Å². The summed E-state index contributed by atoms with van der Waals surface area (Å²) >= 11 is 1.42. The highest BCUT2D eigenvalue weighted by atomic mass is 32.2. The van der Waals surface area contributed by atoms with Crippen molar-refractivity contribution in [2.24, 2.45) is 5.73 Å².